The highest BCUT2D eigenvalue weighted by atomic mass is 16.4. The zero-order valence-electron chi connectivity index (χ0n) is 7.27. The molecular formula is C10H8N2O2. The number of aromatic nitrogens is 1. The first-order valence-electron chi connectivity index (χ1n) is 4.11. The Morgan fingerprint density at radius 1 is 1.36 bits per heavy atom. The predicted octanol–water partition coefficient (Wildman–Crippen LogP) is 1.34. The van der Waals surface area contributed by atoms with Gasteiger partial charge in [-0.1, -0.05) is 23.4 Å². The maximum atomic E-state index is 11.4. The van der Waals surface area contributed by atoms with Crippen LogP contribution in [0.15, 0.2) is 40.3 Å². The summed E-state index contributed by atoms with van der Waals surface area (Å²) in [4.78, 5) is 14.1. The Hall–Kier alpha value is -2.10. The highest BCUT2D eigenvalue weighted by molar-refractivity contribution is 5.87. The van der Waals surface area contributed by atoms with Gasteiger partial charge in [0, 0.05) is 5.52 Å². The number of benzene rings is 1. The van der Waals surface area contributed by atoms with E-state index in [1.54, 1.807) is 6.07 Å². The van der Waals surface area contributed by atoms with Crippen molar-refractivity contribution in [2.75, 3.05) is 0 Å². The molecule has 0 atom stereocenters. The lowest BCUT2D eigenvalue weighted by molar-refractivity contribution is 0.322. The van der Waals surface area contributed by atoms with E-state index in [2.05, 4.69) is 10.1 Å². The molecule has 0 aliphatic heterocycles. The normalized spacial score (nSPS) is 11.1. The molecule has 0 bridgehead atoms. The quantitative estimate of drug-likeness (QED) is 0.403. The number of nitrogens with zero attached hydrogens (tertiary/aromatic N) is 1. The number of fused-ring (bicyclic) bond motifs is 1. The molecule has 2 aromatic rings. The van der Waals surface area contributed by atoms with Crippen molar-refractivity contribution < 1.29 is 5.21 Å². The Balaban J connectivity index is 2.77. The summed E-state index contributed by atoms with van der Waals surface area (Å²) in [6, 6.07) is 9.09. The molecular weight excluding hydrogens is 180 g/mol. The van der Waals surface area contributed by atoms with Crippen molar-refractivity contribution in [2.45, 2.75) is 0 Å². The number of para-hydroxylation sites is 1. The van der Waals surface area contributed by atoms with Crippen molar-refractivity contribution in [3.05, 3.63) is 46.2 Å². The molecule has 2 rings (SSSR count). The molecule has 0 radical (unpaired) electrons. The number of aromatic amines is 1. The molecule has 0 aliphatic rings. The van der Waals surface area contributed by atoms with Crippen LogP contribution in [0.2, 0.25) is 0 Å². The summed E-state index contributed by atoms with van der Waals surface area (Å²) in [5, 5.41) is 12.1. The van der Waals surface area contributed by atoms with Crippen LogP contribution < -0.4 is 5.56 Å². The SMILES string of the molecule is O=c1[nH]c2ccccc2cc1C=NO. The average molecular weight is 188 g/mol. The number of rotatable bonds is 1. The monoisotopic (exact) mass is 188 g/mol. The minimum Gasteiger partial charge on any atom is -0.411 e. The van der Waals surface area contributed by atoms with E-state index in [4.69, 9.17) is 5.21 Å². The molecule has 4 nitrogen and oxygen atoms in total. The van der Waals surface area contributed by atoms with Gasteiger partial charge in [0.25, 0.3) is 5.56 Å². The maximum absolute atomic E-state index is 11.4. The van der Waals surface area contributed by atoms with Gasteiger partial charge in [0.2, 0.25) is 0 Å². The van der Waals surface area contributed by atoms with Gasteiger partial charge in [-0.3, -0.25) is 4.79 Å². The fraction of sp³-hybridized carbons (Fsp3) is 0. The largest absolute Gasteiger partial charge is 0.411 e. The number of nitrogens with one attached hydrogen (secondary N) is 1. The lowest BCUT2D eigenvalue weighted by Crippen LogP contribution is -2.11. The van der Waals surface area contributed by atoms with Crippen molar-refractivity contribution in [1.82, 2.24) is 4.98 Å². The van der Waals surface area contributed by atoms with Gasteiger partial charge < -0.3 is 10.2 Å². The van der Waals surface area contributed by atoms with Crippen LogP contribution in [0.1, 0.15) is 5.56 Å². The standard InChI is InChI=1S/C10H8N2O2/c13-10-8(6-11-14)5-7-3-1-2-4-9(7)12-10/h1-6,14H,(H,12,13). The molecule has 2 N–H and O–H groups in total. The maximum Gasteiger partial charge on any atom is 0.257 e. The number of pyridine rings is 1. The Bertz CT molecular complexity index is 543. The van der Waals surface area contributed by atoms with E-state index < -0.39 is 0 Å². The highest BCUT2D eigenvalue weighted by Crippen LogP contribution is 2.08. The van der Waals surface area contributed by atoms with E-state index in [0.717, 1.165) is 17.1 Å². The molecule has 0 aliphatic carbocycles. The van der Waals surface area contributed by atoms with Crippen LogP contribution in [-0.2, 0) is 0 Å². The van der Waals surface area contributed by atoms with E-state index in [1.807, 2.05) is 24.3 Å². The van der Waals surface area contributed by atoms with Crippen LogP contribution in [0.5, 0.6) is 0 Å². The molecule has 0 amide bonds. The van der Waals surface area contributed by atoms with Crippen LogP contribution in [-0.4, -0.2) is 16.4 Å². The second-order valence-corrected chi connectivity index (χ2v) is 2.89. The topological polar surface area (TPSA) is 65.5 Å². The van der Waals surface area contributed by atoms with Crippen LogP contribution in [0.25, 0.3) is 10.9 Å². The van der Waals surface area contributed by atoms with Crippen molar-refractivity contribution in [3.8, 4) is 0 Å². The fourth-order valence-corrected chi connectivity index (χ4v) is 1.32. The van der Waals surface area contributed by atoms with Gasteiger partial charge >= 0.3 is 0 Å². The van der Waals surface area contributed by atoms with Crippen molar-refractivity contribution in [3.63, 3.8) is 0 Å². The Kier molecular flexibility index (Phi) is 2.02. The zero-order valence-corrected chi connectivity index (χ0v) is 7.27. The third kappa shape index (κ3) is 1.37. The molecule has 14 heavy (non-hydrogen) atoms. The third-order valence-corrected chi connectivity index (χ3v) is 1.98. The molecule has 1 aromatic heterocycles. The lowest BCUT2D eigenvalue weighted by Gasteiger charge is -1.97. The first-order valence-corrected chi connectivity index (χ1v) is 4.11. The number of oxime groups is 1. The zero-order chi connectivity index (χ0) is 9.97. The molecule has 1 heterocycles. The summed E-state index contributed by atoms with van der Waals surface area (Å²) >= 11 is 0. The Morgan fingerprint density at radius 2 is 2.14 bits per heavy atom. The molecule has 0 fully saturated rings. The molecule has 70 valence electrons. The summed E-state index contributed by atoms with van der Waals surface area (Å²) in [5.41, 5.74) is 0.847. The smallest absolute Gasteiger partial charge is 0.257 e. The Labute approximate surface area is 79.5 Å². The predicted molar refractivity (Wildman–Crippen MR) is 53.9 cm³/mol. The third-order valence-electron chi connectivity index (χ3n) is 1.98. The number of hydrogen-bond donors (Lipinski definition) is 2. The highest BCUT2D eigenvalue weighted by Gasteiger charge is 1.99. The van der Waals surface area contributed by atoms with Gasteiger partial charge in [-0.2, -0.15) is 0 Å². The fourth-order valence-electron chi connectivity index (χ4n) is 1.32. The Morgan fingerprint density at radius 3 is 2.93 bits per heavy atom. The molecule has 4 heteroatoms. The van der Waals surface area contributed by atoms with Crippen molar-refractivity contribution >= 4 is 17.1 Å². The minimum atomic E-state index is -0.262. The van der Waals surface area contributed by atoms with Gasteiger partial charge in [-0.15, -0.1) is 0 Å². The van der Waals surface area contributed by atoms with Crippen molar-refractivity contribution in [2.24, 2.45) is 5.16 Å². The molecule has 0 saturated heterocycles. The summed E-state index contributed by atoms with van der Waals surface area (Å²) in [6.45, 7) is 0. The van der Waals surface area contributed by atoms with E-state index in [9.17, 15) is 4.79 Å². The summed E-state index contributed by atoms with van der Waals surface area (Å²) in [7, 11) is 0. The van der Waals surface area contributed by atoms with E-state index in [-0.39, 0.29) is 5.56 Å². The molecule has 0 spiro atoms. The average Bonchev–Trinajstić information content (AvgIpc) is 2.19. The minimum absolute atomic E-state index is 0.262. The summed E-state index contributed by atoms with van der Waals surface area (Å²) < 4.78 is 0. The van der Waals surface area contributed by atoms with Crippen LogP contribution in [0, 0.1) is 0 Å². The van der Waals surface area contributed by atoms with E-state index in [0.29, 0.717) is 5.56 Å². The van der Waals surface area contributed by atoms with Crippen LogP contribution >= 0.6 is 0 Å². The van der Waals surface area contributed by atoms with Crippen LogP contribution in [0.3, 0.4) is 0 Å². The number of hydrogen-bond acceptors (Lipinski definition) is 3. The number of H-pyrrole nitrogens is 1. The molecule has 0 unspecified atom stereocenters. The van der Waals surface area contributed by atoms with Gasteiger partial charge in [0.1, 0.15) is 0 Å². The summed E-state index contributed by atoms with van der Waals surface area (Å²) in [6.07, 6.45) is 1.12. The summed E-state index contributed by atoms with van der Waals surface area (Å²) in [5.74, 6) is 0. The molecule has 0 saturated carbocycles. The van der Waals surface area contributed by atoms with Crippen molar-refractivity contribution in [1.29, 1.82) is 0 Å². The van der Waals surface area contributed by atoms with Gasteiger partial charge in [-0.25, -0.2) is 0 Å². The van der Waals surface area contributed by atoms with Gasteiger partial charge in [0.05, 0.1) is 11.8 Å². The molecule has 1 aromatic carbocycles. The second kappa shape index (κ2) is 3.33. The van der Waals surface area contributed by atoms with Gasteiger partial charge in [-0.05, 0) is 17.5 Å². The van der Waals surface area contributed by atoms with Crippen LogP contribution in [0.4, 0.5) is 0 Å². The first-order chi connectivity index (χ1) is 6.81. The van der Waals surface area contributed by atoms with E-state index >= 15 is 0 Å². The lowest BCUT2D eigenvalue weighted by atomic mass is 10.2. The first kappa shape index (κ1) is 8.50. The second-order valence-electron chi connectivity index (χ2n) is 2.89. The van der Waals surface area contributed by atoms with Gasteiger partial charge in [0.15, 0.2) is 0 Å². The van der Waals surface area contributed by atoms with E-state index in [1.165, 1.54) is 0 Å².